The van der Waals surface area contributed by atoms with Crippen LogP contribution in [0.2, 0.25) is 0 Å². The molecule has 0 saturated heterocycles. The van der Waals surface area contributed by atoms with E-state index in [1.807, 2.05) is 5.48 Å². The molecular formula is C16H20N2O4. The molecule has 0 unspecified atom stereocenters. The first-order valence-electron chi connectivity index (χ1n) is 7.01. The van der Waals surface area contributed by atoms with Crippen LogP contribution in [0.25, 0.3) is 5.70 Å². The Bertz CT molecular complexity index is 594. The number of carbonyl (C=O) groups is 2. The van der Waals surface area contributed by atoms with Crippen molar-refractivity contribution in [3.8, 4) is 0 Å². The minimum atomic E-state index is -0.250. The number of aldehydes is 1. The fraction of sp³-hybridized carbons (Fsp3) is 0.375. The summed E-state index contributed by atoms with van der Waals surface area (Å²) in [5, 5.41) is 9.19. The lowest BCUT2D eigenvalue weighted by Gasteiger charge is -2.28. The van der Waals surface area contributed by atoms with Gasteiger partial charge in [-0.15, -0.1) is 0 Å². The number of methoxy groups -OCH3 is 1. The fourth-order valence-electron chi connectivity index (χ4n) is 2.55. The lowest BCUT2D eigenvalue weighted by atomic mass is 10.0. The minimum Gasteiger partial charge on any atom is -0.382 e. The molecule has 22 heavy (non-hydrogen) atoms. The maximum atomic E-state index is 12.8. The second-order valence-electron chi connectivity index (χ2n) is 5.40. The van der Waals surface area contributed by atoms with E-state index in [1.165, 1.54) is 6.08 Å². The van der Waals surface area contributed by atoms with Crippen LogP contribution >= 0.6 is 0 Å². The van der Waals surface area contributed by atoms with E-state index in [4.69, 9.17) is 4.74 Å². The summed E-state index contributed by atoms with van der Waals surface area (Å²) >= 11 is 0. The Morgan fingerprint density at radius 3 is 2.55 bits per heavy atom. The van der Waals surface area contributed by atoms with Crippen molar-refractivity contribution in [3.05, 3.63) is 41.5 Å². The number of likely N-dealkylation sites (N-methyl/N-ethyl adjacent to an activating group) is 1. The summed E-state index contributed by atoms with van der Waals surface area (Å²) in [5.74, 6) is -0.169. The van der Waals surface area contributed by atoms with Crippen LogP contribution in [-0.4, -0.2) is 48.6 Å². The molecule has 6 nitrogen and oxygen atoms in total. The van der Waals surface area contributed by atoms with Crippen LogP contribution in [0, 0.1) is 0 Å². The van der Waals surface area contributed by atoms with Crippen LogP contribution in [0.15, 0.2) is 30.3 Å². The first-order chi connectivity index (χ1) is 10.6. The quantitative estimate of drug-likeness (QED) is 0.453. The van der Waals surface area contributed by atoms with E-state index in [-0.39, 0.29) is 17.1 Å². The Kier molecular flexibility index (Phi) is 4.95. The number of carbonyl (C=O) groups excluding carboxylic acids is 2. The van der Waals surface area contributed by atoms with E-state index in [9.17, 15) is 14.8 Å². The summed E-state index contributed by atoms with van der Waals surface area (Å²) in [5.41, 5.74) is 2.79. The zero-order valence-electron chi connectivity index (χ0n) is 12.7. The standard InChI is InChI=1S/C16H20N2O4/c1-18(16(8-9-16)11-22-2)15(20)13-6-4-3-5-12(13)14(17-21)7-10-19/h3-7,10,17,21H,8-9,11H2,1-2H3/b14-7+. The molecule has 1 aliphatic rings. The highest BCUT2D eigenvalue weighted by Gasteiger charge is 2.48. The van der Waals surface area contributed by atoms with Crippen molar-refractivity contribution in [1.82, 2.24) is 10.4 Å². The number of nitrogens with zero attached hydrogens (tertiary/aromatic N) is 1. The van der Waals surface area contributed by atoms with Gasteiger partial charge in [-0.05, 0) is 18.9 Å². The van der Waals surface area contributed by atoms with Crippen molar-refractivity contribution in [2.75, 3.05) is 20.8 Å². The fourth-order valence-corrected chi connectivity index (χ4v) is 2.55. The molecular weight excluding hydrogens is 284 g/mol. The summed E-state index contributed by atoms with van der Waals surface area (Å²) in [6, 6.07) is 6.84. The zero-order valence-corrected chi connectivity index (χ0v) is 12.7. The number of rotatable bonds is 7. The SMILES string of the molecule is COCC1(N(C)C(=O)c2ccccc2/C(=C\C=O)NO)CC1. The number of benzene rings is 1. The third-order valence-electron chi connectivity index (χ3n) is 4.06. The van der Waals surface area contributed by atoms with Crippen molar-refractivity contribution >= 4 is 17.9 Å². The zero-order chi connectivity index (χ0) is 16.2. The number of nitrogens with one attached hydrogen (secondary N) is 1. The van der Waals surface area contributed by atoms with Crippen molar-refractivity contribution in [2.24, 2.45) is 0 Å². The molecule has 1 aromatic carbocycles. The Morgan fingerprint density at radius 1 is 1.41 bits per heavy atom. The lowest BCUT2D eigenvalue weighted by Crippen LogP contribution is -2.42. The summed E-state index contributed by atoms with van der Waals surface area (Å²) < 4.78 is 5.21. The second-order valence-corrected chi connectivity index (χ2v) is 5.40. The van der Waals surface area contributed by atoms with E-state index in [0.29, 0.717) is 24.0 Å². The Balaban J connectivity index is 2.35. The van der Waals surface area contributed by atoms with Gasteiger partial charge in [-0.25, -0.2) is 0 Å². The number of allylic oxidation sites excluding steroid dienone is 1. The molecule has 1 aliphatic carbocycles. The molecule has 118 valence electrons. The topological polar surface area (TPSA) is 78.9 Å². The molecule has 0 bridgehead atoms. The summed E-state index contributed by atoms with van der Waals surface area (Å²) in [6.45, 7) is 0.493. The van der Waals surface area contributed by atoms with Crippen molar-refractivity contribution in [2.45, 2.75) is 18.4 Å². The number of hydroxylamine groups is 1. The van der Waals surface area contributed by atoms with E-state index in [1.54, 1.807) is 43.3 Å². The number of hydrogen-bond acceptors (Lipinski definition) is 5. The molecule has 6 heteroatoms. The lowest BCUT2D eigenvalue weighted by molar-refractivity contribution is -0.104. The minimum absolute atomic E-state index is 0.169. The van der Waals surface area contributed by atoms with Gasteiger partial charge in [0.2, 0.25) is 0 Å². The molecule has 0 radical (unpaired) electrons. The summed E-state index contributed by atoms with van der Waals surface area (Å²) in [6.07, 6.45) is 3.53. The van der Waals surface area contributed by atoms with Crippen molar-refractivity contribution in [1.29, 1.82) is 0 Å². The van der Waals surface area contributed by atoms with E-state index >= 15 is 0 Å². The highest BCUT2D eigenvalue weighted by Crippen LogP contribution is 2.42. The molecule has 2 N–H and O–H groups in total. The van der Waals surface area contributed by atoms with E-state index < -0.39 is 0 Å². The average Bonchev–Trinajstić information content (AvgIpc) is 3.32. The van der Waals surface area contributed by atoms with Gasteiger partial charge in [-0.2, -0.15) is 0 Å². The second kappa shape index (κ2) is 6.72. The van der Waals surface area contributed by atoms with E-state index in [0.717, 1.165) is 12.8 Å². The van der Waals surface area contributed by atoms with Gasteiger partial charge >= 0.3 is 0 Å². The van der Waals surface area contributed by atoms with Gasteiger partial charge < -0.3 is 9.64 Å². The molecule has 1 fully saturated rings. The Labute approximate surface area is 129 Å². The first kappa shape index (κ1) is 16.2. The van der Waals surface area contributed by atoms with Crippen molar-refractivity contribution < 1.29 is 19.5 Å². The molecule has 0 aromatic heterocycles. The number of amides is 1. The molecule has 0 atom stereocenters. The number of ether oxygens (including phenoxy) is 1. The predicted octanol–water partition coefficient (Wildman–Crippen LogP) is 1.46. The van der Waals surface area contributed by atoms with Gasteiger partial charge in [-0.1, -0.05) is 18.2 Å². The average molecular weight is 304 g/mol. The van der Waals surface area contributed by atoms with Gasteiger partial charge in [0.25, 0.3) is 5.91 Å². The normalized spacial score (nSPS) is 16.0. The van der Waals surface area contributed by atoms with Gasteiger partial charge in [-0.3, -0.25) is 20.3 Å². The Morgan fingerprint density at radius 2 is 2.05 bits per heavy atom. The maximum Gasteiger partial charge on any atom is 0.254 e. The van der Waals surface area contributed by atoms with Crippen LogP contribution in [0.3, 0.4) is 0 Å². The third kappa shape index (κ3) is 3.03. The molecule has 1 saturated carbocycles. The Hall–Kier alpha value is -2.18. The highest BCUT2D eigenvalue weighted by atomic mass is 16.5. The van der Waals surface area contributed by atoms with Crippen LogP contribution in [0.1, 0.15) is 28.8 Å². The smallest absolute Gasteiger partial charge is 0.254 e. The largest absolute Gasteiger partial charge is 0.382 e. The van der Waals surface area contributed by atoms with Gasteiger partial charge in [0.15, 0.2) is 0 Å². The van der Waals surface area contributed by atoms with Crippen molar-refractivity contribution in [3.63, 3.8) is 0 Å². The number of hydrogen-bond donors (Lipinski definition) is 2. The van der Waals surface area contributed by atoms with E-state index in [2.05, 4.69) is 0 Å². The van der Waals surface area contributed by atoms with Gasteiger partial charge in [0, 0.05) is 31.4 Å². The van der Waals surface area contributed by atoms with Crippen LogP contribution in [0.4, 0.5) is 0 Å². The molecule has 1 aromatic rings. The molecule has 2 rings (SSSR count). The molecule has 0 spiro atoms. The summed E-state index contributed by atoms with van der Waals surface area (Å²) in [7, 11) is 3.37. The molecule has 0 aliphatic heterocycles. The van der Waals surface area contributed by atoms with Gasteiger partial charge in [0.05, 0.1) is 17.8 Å². The summed E-state index contributed by atoms with van der Waals surface area (Å²) in [4.78, 5) is 25.2. The highest BCUT2D eigenvalue weighted by molar-refractivity contribution is 6.00. The third-order valence-corrected chi connectivity index (χ3v) is 4.06. The monoisotopic (exact) mass is 304 g/mol. The van der Waals surface area contributed by atoms with Gasteiger partial charge in [0.1, 0.15) is 6.29 Å². The van der Waals surface area contributed by atoms with Crippen LogP contribution in [0.5, 0.6) is 0 Å². The maximum absolute atomic E-state index is 12.8. The van der Waals surface area contributed by atoms with Crippen LogP contribution < -0.4 is 5.48 Å². The predicted molar refractivity (Wildman–Crippen MR) is 81.3 cm³/mol. The molecule has 1 amide bonds. The van der Waals surface area contributed by atoms with Crippen LogP contribution in [-0.2, 0) is 9.53 Å². The first-order valence-corrected chi connectivity index (χ1v) is 7.01. The molecule has 0 heterocycles.